The van der Waals surface area contributed by atoms with Crippen molar-refractivity contribution in [3.8, 4) is 0 Å². The molecular weight excluding hydrogens is 315 g/mol. The molecule has 1 atom stereocenters. The van der Waals surface area contributed by atoms with Crippen LogP contribution in [-0.4, -0.2) is 34.7 Å². The number of fused-ring (bicyclic) bond motifs is 1. The molecule has 0 aliphatic carbocycles. The van der Waals surface area contributed by atoms with Gasteiger partial charge in [-0.1, -0.05) is 12.1 Å². The Kier molecular flexibility index (Phi) is 3.98. The number of ether oxygens (including phenoxy) is 1. The van der Waals surface area contributed by atoms with E-state index < -0.39 is 7.12 Å². The Labute approximate surface area is 149 Å². The van der Waals surface area contributed by atoms with Gasteiger partial charge in [-0.25, -0.2) is 4.68 Å². The Morgan fingerprint density at radius 1 is 1.12 bits per heavy atom. The highest BCUT2D eigenvalue weighted by Crippen LogP contribution is 2.37. The lowest BCUT2D eigenvalue weighted by molar-refractivity contribution is -0.0366. The van der Waals surface area contributed by atoms with Crippen LogP contribution in [0.15, 0.2) is 18.3 Å². The summed E-state index contributed by atoms with van der Waals surface area (Å²) < 4.78 is 20.7. The van der Waals surface area contributed by atoms with Crippen molar-refractivity contribution in [1.29, 1.82) is 0 Å². The minimum Gasteiger partial charge on any atom is -0.399 e. The van der Waals surface area contributed by atoms with E-state index >= 15 is 0 Å². The van der Waals surface area contributed by atoms with Crippen LogP contribution >= 0.6 is 0 Å². The molecule has 2 fully saturated rings. The summed E-state index contributed by atoms with van der Waals surface area (Å²) in [6, 6.07) is 4.24. The minimum atomic E-state index is -0.396. The highest BCUT2D eigenvalue weighted by Gasteiger charge is 2.52. The molecule has 134 valence electrons. The molecule has 2 saturated heterocycles. The van der Waals surface area contributed by atoms with E-state index in [9.17, 15) is 0 Å². The second-order valence-electron chi connectivity index (χ2n) is 8.23. The summed E-state index contributed by atoms with van der Waals surface area (Å²) in [5.41, 5.74) is 2.58. The summed E-state index contributed by atoms with van der Waals surface area (Å²) in [6.45, 7) is 11.3. The summed E-state index contributed by atoms with van der Waals surface area (Å²) >= 11 is 0. The molecule has 1 aromatic heterocycles. The number of benzene rings is 1. The average molecular weight is 342 g/mol. The van der Waals surface area contributed by atoms with Crippen LogP contribution in [0.4, 0.5) is 0 Å². The van der Waals surface area contributed by atoms with Gasteiger partial charge in [-0.05, 0) is 59.4 Å². The van der Waals surface area contributed by atoms with Gasteiger partial charge in [-0.2, -0.15) is 5.10 Å². The van der Waals surface area contributed by atoms with Gasteiger partial charge in [-0.15, -0.1) is 0 Å². The number of rotatable bonds is 2. The predicted octanol–water partition coefficient (Wildman–Crippen LogP) is 3.34. The molecule has 0 spiro atoms. The normalized spacial score (nSPS) is 25.6. The first-order chi connectivity index (χ1) is 11.8. The van der Waals surface area contributed by atoms with Crippen molar-refractivity contribution in [2.24, 2.45) is 0 Å². The van der Waals surface area contributed by atoms with Crippen LogP contribution in [0.1, 0.15) is 58.7 Å². The molecular formula is C19H27BN2O3. The van der Waals surface area contributed by atoms with Crippen LogP contribution < -0.4 is 5.46 Å². The first-order valence-electron chi connectivity index (χ1n) is 9.24. The maximum absolute atomic E-state index is 6.35. The molecule has 2 aliphatic heterocycles. The van der Waals surface area contributed by atoms with Gasteiger partial charge in [0.15, 0.2) is 6.23 Å². The van der Waals surface area contributed by atoms with Gasteiger partial charge in [-0.3, -0.25) is 0 Å². The van der Waals surface area contributed by atoms with E-state index in [1.807, 2.05) is 10.9 Å². The Morgan fingerprint density at radius 3 is 2.48 bits per heavy atom. The molecule has 6 heteroatoms. The summed E-state index contributed by atoms with van der Waals surface area (Å²) in [5, 5.41) is 5.75. The maximum atomic E-state index is 6.35. The van der Waals surface area contributed by atoms with Crippen molar-refractivity contribution in [3.63, 3.8) is 0 Å². The molecule has 0 bridgehead atoms. The third-order valence-electron chi connectivity index (χ3n) is 5.93. The second kappa shape index (κ2) is 5.83. The van der Waals surface area contributed by atoms with Crippen molar-refractivity contribution in [2.75, 3.05) is 6.61 Å². The Bertz CT molecular complexity index is 777. The molecule has 0 saturated carbocycles. The number of hydrogen-bond donors (Lipinski definition) is 0. The van der Waals surface area contributed by atoms with E-state index in [0.29, 0.717) is 0 Å². The first-order valence-corrected chi connectivity index (χ1v) is 9.24. The average Bonchev–Trinajstić information content (AvgIpc) is 3.06. The minimum absolute atomic E-state index is 0.00535. The number of hydrogen-bond acceptors (Lipinski definition) is 4. The predicted molar refractivity (Wildman–Crippen MR) is 99.0 cm³/mol. The Balaban J connectivity index is 1.83. The van der Waals surface area contributed by atoms with Crippen molar-refractivity contribution < 1.29 is 14.0 Å². The van der Waals surface area contributed by atoms with E-state index in [0.717, 1.165) is 41.4 Å². The van der Waals surface area contributed by atoms with Crippen molar-refractivity contribution in [2.45, 2.75) is 71.3 Å². The molecule has 0 radical (unpaired) electrons. The van der Waals surface area contributed by atoms with Crippen molar-refractivity contribution in [1.82, 2.24) is 9.78 Å². The fraction of sp³-hybridized carbons (Fsp3) is 0.632. The lowest BCUT2D eigenvalue weighted by Crippen LogP contribution is -2.41. The summed E-state index contributed by atoms with van der Waals surface area (Å²) in [5.74, 6) is 0. The van der Waals surface area contributed by atoms with E-state index in [2.05, 4.69) is 51.9 Å². The van der Waals surface area contributed by atoms with Crippen molar-refractivity contribution >= 4 is 23.5 Å². The van der Waals surface area contributed by atoms with Gasteiger partial charge < -0.3 is 14.0 Å². The lowest BCUT2D eigenvalue weighted by atomic mass is 9.75. The highest BCUT2D eigenvalue weighted by atomic mass is 16.7. The molecule has 4 rings (SSSR count). The van der Waals surface area contributed by atoms with Crippen LogP contribution in [0.3, 0.4) is 0 Å². The van der Waals surface area contributed by atoms with Crippen molar-refractivity contribution in [3.05, 3.63) is 23.9 Å². The van der Waals surface area contributed by atoms with Gasteiger partial charge in [0.2, 0.25) is 0 Å². The smallest absolute Gasteiger partial charge is 0.399 e. The zero-order valence-electron chi connectivity index (χ0n) is 15.8. The molecule has 3 heterocycles. The maximum Gasteiger partial charge on any atom is 0.497 e. The summed E-state index contributed by atoms with van der Waals surface area (Å²) in [4.78, 5) is 0. The van der Waals surface area contributed by atoms with Gasteiger partial charge in [0.05, 0.1) is 22.9 Å². The van der Waals surface area contributed by atoms with Gasteiger partial charge in [0.1, 0.15) is 0 Å². The Morgan fingerprint density at radius 2 is 1.84 bits per heavy atom. The number of aryl methyl sites for hydroxylation is 1. The fourth-order valence-electron chi connectivity index (χ4n) is 3.66. The van der Waals surface area contributed by atoms with E-state index in [1.165, 1.54) is 6.42 Å². The summed E-state index contributed by atoms with van der Waals surface area (Å²) in [7, 11) is -0.396. The monoisotopic (exact) mass is 342 g/mol. The fourth-order valence-corrected chi connectivity index (χ4v) is 3.66. The molecule has 0 unspecified atom stereocenters. The van der Waals surface area contributed by atoms with E-state index in [1.54, 1.807) is 0 Å². The van der Waals surface area contributed by atoms with Crippen LogP contribution in [0.5, 0.6) is 0 Å². The van der Waals surface area contributed by atoms with Crippen LogP contribution in [0.2, 0.25) is 0 Å². The van der Waals surface area contributed by atoms with Gasteiger partial charge >= 0.3 is 7.12 Å². The second-order valence-corrected chi connectivity index (χ2v) is 8.23. The number of nitrogens with zero attached hydrogens (tertiary/aromatic N) is 2. The van der Waals surface area contributed by atoms with Crippen LogP contribution in [0.25, 0.3) is 10.9 Å². The molecule has 5 nitrogen and oxygen atoms in total. The molecule has 2 aliphatic rings. The topological polar surface area (TPSA) is 45.5 Å². The zero-order valence-corrected chi connectivity index (χ0v) is 15.8. The van der Waals surface area contributed by atoms with Gasteiger partial charge in [0.25, 0.3) is 0 Å². The van der Waals surface area contributed by atoms with Crippen LogP contribution in [-0.2, 0) is 14.0 Å². The highest BCUT2D eigenvalue weighted by molar-refractivity contribution is 6.65. The third-order valence-corrected chi connectivity index (χ3v) is 5.93. The SMILES string of the molecule is Cc1ccc2cnn([C@H]3CCCCO3)c2c1B1OC(C)(C)C(C)(C)O1. The molecule has 1 aromatic carbocycles. The quantitative estimate of drug-likeness (QED) is 0.786. The van der Waals surface area contributed by atoms with E-state index in [-0.39, 0.29) is 17.4 Å². The van der Waals surface area contributed by atoms with Gasteiger partial charge in [0, 0.05) is 17.5 Å². The number of aromatic nitrogens is 2. The van der Waals surface area contributed by atoms with E-state index in [4.69, 9.17) is 14.0 Å². The Hall–Kier alpha value is -1.37. The first kappa shape index (κ1) is 17.1. The summed E-state index contributed by atoms with van der Waals surface area (Å²) in [6.07, 6.45) is 5.20. The van der Waals surface area contributed by atoms with Crippen LogP contribution in [0, 0.1) is 6.92 Å². The standard InChI is InChI=1S/C19H27BN2O3/c1-13-9-10-14-12-21-22(15-8-6-7-11-23-15)17(14)16(13)20-24-18(2,3)19(4,5)25-20/h9-10,12,15H,6-8,11H2,1-5H3/t15-/m1/s1. The third kappa shape index (κ3) is 2.71. The molecule has 0 N–H and O–H groups in total. The molecule has 0 amide bonds. The lowest BCUT2D eigenvalue weighted by Gasteiger charge is -2.32. The zero-order chi connectivity index (χ0) is 17.8. The molecule has 25 heavy (non-hydrogen) atoms. The molecule has 2 aromatic rings. The largest absolute Gasteiger partial charge is 0.497 e.